The van der Waals surface area contributed by atoms with Crippen molar-refractivity contribution in [2.45, 2.75) is 125 Å². The summed E-state index contributed by atoms with van der Waals surface area (Å²) in [6, 6.07) is 5.34. The largest absolute Gasteiger partial charge is 0.490 e. The predicted octanol–water partition coefficient (Wildman–Crippen LogP) is 3.97. The van der Waals surface area contributed by atoms with E-state index in [1.807, 2.05) is 30.3 Å². The number of benzene rings is 1. The Bertz CT molecular complexity index is 2100. The molecule has 2 aliphatic heterocycles. The van der Waals surface area contributed by atoms with Gasteiger partial charge in [0, 0.05) is 17.7 Å². The van der Waals surface area contributed by atoms with E-state index in [1.165, 1.54) is 11.0 Å². The molecule has 5 fully saturated rings. The van der Waals surface area contributed by atoms with Crippen LogP contribution in [0.4, 0.5) is 4.79 Å². The molecule has 1 aromatic carbocycles. The summed E-state index contributed by atoms with van der Waals surface area (Å²) in [5.41, 5.74) is -0.318. The van der Waals surface area contributed by atoms with Crippen molar-refractivity contribution in [3.05, 3.63) is 54.6 Å². The van der Waals surface area contributed by atoms with Crippen molar-refractivity contribution in [3.8, 4) is 11.6 Å². The molecule has 4 aliphatic carbocycles. The molecule has 7 unspecified atom stereocenters. The lowest BCUT2D eigenvalue weighted by Gasteiger charge is -2.32. The summed E-state index contributed by atoms with van der Waals surface area (Å²) in [5, 5.41) is 15.6. The number of allylic oxidation sites excluding steroid dienone is 2. The van der Waals surface area contributed by atoms with Crippen LogP contribution in [0.3, 0.4) is 0 Å². The van der Waals surface area contributed by atoms with Gasteiger partial charge in [0.1, 0.15) is 42.2 Å². The van der Waals surface area contributed by atoms with Gasteiger partial charge in [-0.25, -0.2) is 18.2 Å². The Labute approximate surface area is 344 Å². The third-order valence-corrected chi connectivity index (χ3v) is 14.9. The molecule has 2 aromatic rings. The molecule has 2 bridgehead atoms. The molecule has 4 saturated carbocycles. The normalized spacial score (nSPS) is 30.2. The van der Waals surface area contributed by atoms with Gasteiger partial charge in [0.2, 0.25) is 27.7 Å². The minimum absolute atomic E-state index is 0.0105. The molecular formula is C43H55N5O10S. The average molecular weight is 834 g/mol. The van der Waals surface area contributed by atoms with Gasteiger partial charge >= 0.3 is 6.09 Å². The van der Waals surface area contributed by atoms with Gasteiger partial charge in [-0.15, -0.1) is 6.58 Å². The summed E-state index contributed by atoms with van der Waals surface area (Å²) in [6.07, 6.45) is 12.7. The minimum Gasteiger partial charge on any atom is -0.490 e. The molecule has 6 aliphatic rings. The van der Waals surface area contributed by atoms with Gasteiger partial charge in [-0.2, -0.15) is 0 Å². The van der Waals surface area contributed by atoms with E-state index in [2.05, 4.69) is 28.0 Å². The summed E-state index contributed by atoms with van der Waals surface area (Å²) in [7, 11) is -3.92. The number of hydrogen-bond donors (Lipinski definition) is 4. The summed E-state index contributed by atoms with van der Waals surface area (Å²) in [5.74, 6) is -1.72. The average Bonchev–Trinajstić information content (AvgIpc) is 4.01. The number of rotatable bonds is 10. The molecule has 318 valence electrons. The van der Waals surface area contributed by atoms with Crippen LogP contribution < -0.4 is 24.8 Å². The van der Waals surface area contributed by atoms with E-state index < -0.39 is 68.7 Å². The monoisotopic (exact) mass is 833 g/mol. The number of carbonyl (C=O) groups excluding carboxylic acids is 4. The molecule has 15 nitrogen and oxygen atoms in total. The fourth-order valence-corrected chi connectivity index (χ4v) is 11.0. The highest BCUT2D eigenvalue weighted by molar-refractivity contribution is 7.91. The fraction of sp³-hybridized carbons (Fsp3) is 0.605. The molecule has 3 heterocycles. The van der Waals surface area contributed by atoms with Gasteiger partial charge < -0.3 is 34.9 Å². The molecule has 59 heavy (non-hydrogen) atoms. The zero-order valence-corrected chi connectivity index (χ0v) is 34.1. The van der Waals surface area contributed by atoms with Crippen molar-refractivity contribution < 1.29 is 46.9 Å². The van der Waals surface area contributed by atoms with Crippen LogP contribution >= 0.6 is 0 Å². The molecule has 4 amide bonds. The number of ether oxygens (including phenoxy) is 3. The Hall–Kier alpha value is -4.70. The van der Waals surface area contributed by atoms with E-state index in [9.17, 15) is 32.7 Å². The van der Waals surface area contributed by atoms with E-state index in [0.717, 1.165) is 50.3 Å². The van der Waals surface area contributed by atoms with Crippen LogP contribution in [0.5, 0.6) is 11.6 Å². The van der Waals surface area contributed by atoms with Crippen molar-refractivity contribution in [1.29, 1.82) is 0 Å². The number of alkyl carbamates (subject to hydrolysis) is 1. The number of amides is 4. The molecule has 1 aromatic heterocycles. The van der Waals surface area contributed by atoms with E-state index >= 15 is 0 Å². The second kappa shape index (κ2) is 17.1. The maximum absolute atomic E-state index is 14.9. The number of fused-ring (bicyclic) bond motifs is 5. The number of aliphatic hydroxyl groups excluding tert-OH is 1. The SMILES string of the molecule is C=CC1CC1(NC(=O)C1CC2CN1C(=O)C(C1CCCC1)NC(=O)OC1CCCC1CCC=CCc1c(nc3ccccc3c1OCCO)O2)C(=O)NS(=O)(=O)C1CC1. The summed E-state index contributed by atoms with van der Waals surface area (Å²) >= 11 is 0. The highest BCUT2D eigenvalue weighted by Gasteiger charge is 2.62. The van der Waals surface area contributed by atoms with Gasteiger partial charge in [0.25, 0.3) is 5.91 Å². The van der Waals surface area contributed by atoms with E-state index in [-0.39, 0.29) is 56.4 Å². The maximum atomic E-state index is 14.9. The molecule has 4 N–H and O–H groups in total. The smallest absolute Gasteiger partial charge is 0.408 e. The molecule has 8 rings (SSSR count). The fourth-order valence-electron chi connectivity index (χ4n) is 9.61. The van der Waals surface area contributed by atoms with Crippen LogP contribution in [0.2, 0.25) is 0 Å². The Balaban J connectivity index is 1.16. The number of para-hydroxylation sites is 1. The Morgan fingerprint density at radius 1 is 1.03 bits per heavy atom. The molecule has 0 radical (unpaired) electrons. The van der Waals surface area contributed by atoms with Crippen molar-refractivity contribution in [1.82, 2.24) is 25.2 Å². The van der Waals surface area contributed by atoms with Crippen LogP contribution in [-0.4, -0.2) is 102 Å². The van der Waals surface area contributed by atoms with E-state index in [0.29, 0.717) is 48.9 Å². The lowest BCUT2D eigenvalue weighted by atomic mass is 9.96. The van der Waals surface area contributed by atoms with Crippen molar-refractivity contribution in [2.24, 2.45) is 17.8 Å². The van der Waals surface area contributed by atoms with Gasteiger partial charge in [-0.3, -0.25) is 19.1 Å². The van der Waals surface area contributed by atoms with Gasteiger partial charge in [0.15, 0.2) is 0 Å². The number of aliphatic hydroxyl groups is 1. The molecular weight excluding hydrogens is 779 g/mol. The first kappa shape index (κ1) is 41.1. The third kappa shape index (κ3) is 8.66. The second-order valence-electron chi connectivity index (χ2n) is 17.0. The van der Waals surface area contributed by atoms with Crippen molar-refractivity contribution in [3.63, 3.8) is 0 Å². The number of pyridine rings is 1. The summed E-state index contributed by atoms with van der Waals surface area (Å²) in [4.78, 5) is 63.2. The number of hydrogen-bond acceptors (Lipinski definition) is 11. The molecule has 0 spiro atoms. The molecule has 1 saturated heterocycles. The standard InChI is InChI=1S/C43H55N5O10S/c1-2-28-24-43(28,41(52)47-59(54,55)30-19-20-30)46-38(50)34-23-29-25-48(34)40(51)36(27-12-6-7-13-27)45-42(53)58-35-18-10-14-26(35)11-4-3-5-16-32-37(56-22-21-49)31-15-8-9-17-33(31)44-39(32)57-29/h2-3,5,8-9,15,17,26-30,34-36,49H,1,4,6-7,10-14,16,18-25H2,(H,45,53)(H,46,50)(H,47,52). The highest BCUT2D eigenvalue weighted by Crippen LogP contribution is 2.46. The van der Waals surface area contributed by atoms with Crippen molar-refractivity contribution >= 4 is 44.7 Å². The minimum atomic E-state index is -3.92. The van der Waals surface area contributed by atoms with Gasteiger partial charge in [-0.05, 0) is 94.6 Å². The van der Waals surface area contributed by atoms with Crippen LogP contribution in [0, 0.1) is 17.8 Å². The number of sulfonamides is 1. The molecule has 16 heteroatoms. The lowest BCUT2D eigenvalue weighted by Crippen LogP contribution is -2.59. The number of nitrogens with zero attached hydrogens (tertiary/aromatic N) is 2. The van der Waals surface area contributed by atoms with Crippen molar-refractivity contribution in [2.75, 3.05) is 19.8 Å². The lowest BCUT2D eigenvalue weighted by molar-refractivity contribution is -0.142. The van der Waals surface area contributed by atoms with E-state index in [1.54, 1.807) is 0 Å². The molecule has 7 atom stereocenters. The van der Waals surface area contributed by atoms with E-state index in [4.69, 9.17) is 19.2 Å². The van der Waals surface area contributed by atoms with Crippen LogP contribution in [-0.2, 0) is 35.6 Å². The highest BCUT2D eigenvalue weighted by atomic mass is 32.2. The first-order valence-corrected chi connectivity index (χ1v) is 22.8. The Kier molecular flexibility index (Phi) is 11.9. The number of nitrogens with one attached hydrogen (secondary N) is 3. The zero-order chi connectivity index (χ0) is 41.3. The first-order valence-electron chi connectivity index (χ1n) is 21.3. The summed E-state index contributed by atoms with van der Waals surface area (Å²) in [6.45, 7) is 3.60. The predicted molar refractivity (Wildman–Crippen MR) is 217 cm³/mol. The number of aromatic nitrogens is 1. The topological polar surface area (TPSA) is 203 Å². The Morgan fingerprint density at radius 3 is 2.56 bits per heavy atom. The second-order valence-corrected chi connectivity index (χ2v) is 19.0. The maximum Gasteiger partial charge on any atom is 0.408 e. The van der Waals surface area contributed by atoms with Crippen LogP contribution in [0.1, 0.15) is 89.0 Å². The quantitative estimate of drug-likeness (QED) is 0.253. The van der Waals surface area contributed by atoms with Crippen LogP contribution in [0.15, 0.2) is 49.1 Å². The zero-order valence-electron chi connectivity index (χ0n) is 33.3. The summed E-state index contributed by atoms with van der Waals surface area (Å²) < 4.78 is 46.8. The van der Waals surface area contributed by atoms with Gasteiger partial charge in [0.05, 0.1) is 29.5 Å². The van der Waals surface area contributed by atoms with Gasteiger partial charge in [-0.1, -0.05) is 43.2 Å². The van der Waals surface area contributed by atoms with Crippen LogP contribution in [0.25, 0.3) is 10.9 Å². The Morgan fingerprint density at radius 2 is 1.81 bits per heavy atom. The third-order valence-electron chi connectivity index (χ3n) is 13.1. The number of carbonyl (C=O) groups is 4. The first-order chi connectivity index (χ1) is 28.5.